The first-order valence-corrected chi connectivity index (χ1v) is 4.77. The molecule has 0 aromatic carbocycles. The molecule has 3 heteroatoms. The minimum atomic E-state index is -0.656. The average Bonchev–Trinajstić information content (AvgIpc) is 2.03. The fourth-order valence-electron chi connectivity index (χ4n) is 1.52. The van der Waals surface area contributed by atoms with Gasteiger partial charge >= 0.3 is 0 Å². The van der Waals surface area contributed by atoms with E-state index in [0.717, 1.165) is 5.57 Å². The zero-order valence-electron chi connectivity index (χ0n) is 9.89. The first kappa shape index (κ1) is 13.3. The first-order chi connectivity index (χ1) is 6.27. The lowest BCUT2D eigenvalue weighted by molar-refractivity contribution is 0.117. The van der Waals surface area contributed by atoms with Crippen LogP contribution >= 0.6 is 0 Å². The summed E-state index contributed by atoms with van der Waals surface area (Å²) in [5.74, 6) is 0. The lowest BCUT2D eigenvalue weighted by Crippen LogP contribution is -2.34. The highest BCUT2D eigenvalue weighted by Gasteiger charge is 2.34. The maximum absolute atomic E-state index is 10.8. The number of hydrogen-bond donors (Lipinski definition) is 0. The molecule has 0 bridgehead atoms. The molecule has 0 aromatic heterocycles. The summed E-state index contributed by atoms with van der Waals surface area (Å²) in [5, 5.41) is 3.16. The molecule has 1 atom stereocenters. The second-order valence-electron chi connectivity index (χ2n) is 4.86. The molecule has 0 amide bonds. The van der Waals surface area contributed by atoms with Gasteiger partial charge in [-0.05, 0) is 25.7 Å². The summed E-state index contributed by atoms with van der Waals surface area (Å²) in [4.78, 5) is 10.8. The molecule has 0 aliphatic rings. The Labute approximate surface area is 86.5 Å². The van der Waals surface area contributed by atoms with Gasteiger partial charge in [0, 0.05) is 7.11 Å². The molecule has 0 aliphatic heterocycles. The smallest absolute Gasteiger partial charge is 0.124 e. The van der Waals surface area contributed by atoms with Crippen molar-refractivity contribution < 1.29 is 4.74 Å². The fourth-order valence-corrected chi connectivity index (χ4v) is 1.52. The number of hydrogen-bond acceptors (Lipinski definition) is 3. The maximum atomic E-state index is 10.8. The molecular formula is C11H21NO2. The molecule has 0 radical (unpaired) electrons. The molecule has 0 rings (SSSR count). The summed E-state index contributed by atoms with van der Waals surface area (Å²) in [7, 11) is 1.58. The Bertz CT molecular complexity index is 223. The fraction of sp³-hybridized carbons (Fsp3) is 0.818. The van der Waals surface area contributed by atoms with Crippen LogP contribution in [0.25, 0.3) is 0 Å². The van der Waals surface area contributed by atoms with Crippen molar-refractivity contribution in [2.75, 3.05) is 13.7 Å². The van der Waals surface area contributed by atoms with Crippen molar-refractivity contribution >= 4 is 0 Å². The van der Waals surface area contributed by atoms with E-state index in [-0.39, 0.29) is 5.41 Å². The van der Waals surface area contributed by atoms with Gasteiger partial charge in [0.25, 0.3) is 0 Å². The van der Waals surface area contributed by atoms with Crippen LogP contribution in [0.3, 0.4) is 0 Å². The molecule has 0 aliphatic carbocycles. The number of nitrogens with zero attached hydrogens (tertiary/aromatic N) is 1. The van der Waals surface area contributed by atoms with E-state index in [1.807, 2.05) is 13.8 Å². The van der Waals surface area contributed by atoms with Gasteiger partial charge in [-0.1, -0.05) is 31.2 Å². The van der Waals surface area contributed by atoms with Gasteiger partial charge in [-0.15, -0.1) is 0 Å². The van der Waals surface area contributed by atoms with Gasteiger partial charge in [-0.25, -0.2) is 0 Å². The molecule has 3 nitrogen and oxygen atoms in total. The van der Waals surface area contributed by atoms with Crippen molar-refractivity contribution in [1.82, 2.24) is 0 Å². The maximum Gasteiger partial charge on any atom is 0.124 e. The molecule has 0 spiro atoms. The molecular weight excluding hydrogens is 178 g/mol. The Morgan fingerprint density at radius 3 is 2.21 bits per heavy atom. The SMILES string of the molecule is C=C(C)C(C)(C)CC(C)(COC)N=O. The van der Waals surface area contributed by atoms with Crippen LogP contribution in [-0.2, 0) is 4.74 Å². The van der Waals surface area contributed by atoms with Crippen LogP contribution in [0.4, 0.5) is 0 Å². The van der Waals surface area contributed by atoms with E-state index in [9.17, 15) is 4.91 Å². The molecule has 82 valence electrons. The predicted octanol–water partition coefficient (Wildman–Crippen LogP) is 3.15. The highest BCUT2D eigenvalue weighted by Crippen LogP contribution is 2.35. The van der Waals surface area contributed by atoms with Crippen LogP contribution in [0.2, 0.25) is 0 Å². The molecule has 0 aromatic rings. The molecule has 0 saturated heterocycles. The number of nitroso groups, excluding NO2 is 1. The molecule has 0 saturated carbocycles. The highest BCUT2D eigenvalue weighted by atomic mass is 16.5. The van der Waals surface area contributed by atoms with Crippen LogP contribution in [0.1, 0.15) is 34.1 Å². The van der Waals surface area contributed by atoms with Crippen molar-refractivity contribution in [3.05, 3.63) is 17.1 Å². The minimum absolute atomic E-state index is 0.0822. The summed E-state index contributed by atoms with van der Waals surface area (Å²) in [5.41, 5.74) is 0.321. The third-order valence-electron chi connectivity index (χ3n) is 2.65. The Morgan fingerprint density at radius 2 is 1.93 bits per heavy atom. The highest BCUT2D eigenvalue weighted by molar-refractivity contribution is 5.06. The van der Waals surface area contributed by atoms with Gasteiger partial charge in [-0.2, -0.15) is 4.91 Å². The molecule has 0 N–H and O–H groups in total. The number of rotatable bonds is 6. The van der Waals surface area contributed by atoms with Crippen molar-refractivity contribution in [2.24, 2.45) is 10.6 Å². The minimum Gasteiger partial charge on any atom is -0.382 e. The van der Waals surface area contributed by atoms with E-state index in [0.29, 0.717) is 13.0 Å². The largest absolute Gasteiger partial charge is 0.382 e. The lowest BCUT2D eigenvalue weighted by Gasteiger charge is -2.32. The first-order valence-electron chi connectivity index (χ1n) is 4.77. The van der Waals surface area contributed by atoms with Crippen molar-refractivity contribution in [3.8, 4) is 0 Å². The standard InChI is InChI=1S/C11H21NO2/c1-9(2)10(3,4)7-11(5,12-13)8-14-6/h1,7-8H2,2-6H3. The van der Waals surface area contributed by atoms with Crippen LogP contribution < -0.4 is 0 Å². The Hall–Kier alpha value is -0.700. The van der Waals surface area contributed by atoms with E-state index in [4.69, 9.17) is 4.74 Å². The molecule has 14 heavy (non-hydrogen) atoms. The van der Waals surface area contributed by atoms with E-state index < -0.39 is 5.54 Å². The summed E-state index contributed by atoms with van der Waals surface area (Å²) in [6, 6.07) is 0. The Balaban J connectivity index is 4.60. The van der Waals surface area contributed by atoms with Gasteiger partial charge in [0.1, 0.15) is 5.54 Å². The van der Waals surface area contributed by atoms with Gasteiger partial charge in [0.05, 0.1) is 6.61 Å². The van der Waals surface area contributed by atoms with Crippen LogP contribution in [0.15, 0.2) is 17.3 Å². The van der Waals surface area contributed by atoms with Gasteiger partial charge in [-0.3, -0.25) is 0 Å². The topological polar surface area (TPSA) is 38.7 Å². The van der Waals surface area contributed by atoms with Crippen LogP contribution in [0, 0.1) is 10.3 Å². The van der Waals surface area contributed by atoms with Crippen molar-refractivity contribution in [2.45, 2.75) is 39.7 Å². The summed E-state index contributed by atoms with van der Waals surface area (Å²) in [6.45, 7) is 12.2. The lowest BCUT2D eigenvalue weighted by atomic mass is 9.76. The van der Waals surface area contributed by atoms with E-state index >= 15 is 0 Å². The van der Waals surface area contributed by atoms with Gasteiger partial charge in [0.15, 0.2) is 0 Å². The number of methoxy groups -OCH3 is 1. The van der Waals surface area contributed by atoms with Crippen molar-refractivity contribution in [3.63, 3.8) is 0 Å². The van der Waals surface area contributed by atoms with Gasteiger partial charge < -0.3 is 4.74 Å². The quantitative estimate of drug-likeness (QED) is 0.487. The second-order valence-corrected chi connectivity index (χ2v) is 4.86. The molecule has 0 fully saturated rings. The second kappa shape index (κ2) is 4.69. The third-order valence-corrected chi connectivity index (χ3v) is 2.65. The summed E-state index contributed by atoms with van der Waals surface area (Å²) in [6.07, 6.45) is 0.659. The van der Waals surface area contributed by atoms with Crippen LogP contribution in [-0.4, -0.2) is 19.3 Å². The van der Waals surface area contributed by atoms with E-state index in [2.05, 4.69) is 25.6 Å². The zero-order valence-corrected chi connectivity index (χ0v) is 9.89. The predicted molar refractivity (Wildman–Crippen MR) is 59.3 cm³/mol. The summed E-state index contributed by atoms with van der Waals surface area (Å²) >= 11 is 0. The zero-order chi connectivity index (χ0) is 11.4. The number of ether oxygens (including phenoxy) is 1. The monoisotopic (exact) mass is 199 g/mol. The normalized spacial score (nSPS) is 16.1. The molecule has 0 heterocycles. The average molecular weight is 199 g/mol. The third kappa shape index (κ3) is 3.58. The Kier molecular flexibility index (Phi) is 4.46. The van der Waals surface area contributed by atoms with E-state index in [1.54, 1.807) is 7.11 Å². The van der Waals surface area contributed by atoms with Gasteiger partial charge in [0.2, 0.25) is 0 Å². The molecule has 1 unspecified atom stereocenters. The van der Waals surface area contributed by atoms with Crippen LogP contribution in [0.5, 0.6) is 0 Å². The van der Waals surface area contributed by atoms with Crippen molar-refractivity contribution in [1.29, 1.82) is 0 Å². The van der Waals surface area contributed by atoms with E-state index in [1.165, 1.54) is 0 Å². The Morgan fingerprint density at radius 1 is 1.43 bits per heavy atom. The summed E-state index contributed by atoms with van der Waals surface area (Å²) < 4.78 is 5.00. The number of allylic oxidation sites excluding steroid dienone is 1.